The molecule has 21 heavy (non-hydrogen) atoms. The normalized spacial score (nSPS) is 12.3. The van der Waals surface area contributed by atoms with Crippen molar-refractivity contribution in [1.29, 1.82) is 0 Å². The van der Waals surface area contributed by atoms with Gasteiger partial charge in [-0.3, -0.25) is 4.79 Å². The van der Waals surface area contributed by atoms with E-state index in [4.69, 9.17) is 33.7 Å². The highest BCUT2D eigenvalue weighted by molar-refractivity contribution is 6.34. The van der Waals surface area contributed by atoms with Crippen LogP contribution in [0.2, 0.25) is 10.0 Å². The highest BCUT2D eigenvalue weighted by Gasteiger charge is 2.28. The van der Waals surface area contributed by atoms with E-state index in [-0.39, 0.29) is 18.2 Å². The Morgan fingerprint density at radius 1 is 1.38 bits per heavy atom. The van der Waals surface area contributed by atoms with Gasteiger partial charge in [-0.25, -0.2) is 8.78 Å². The van der Waals surface area contributed by atoms with Crippen LogP contribution in [0, 0.1) is 0 Å². The minimum absolute atomic E-state index is 0. The van der Waals surface area contributed by atoms with E-state index in [2.05, 4.69) is 5.32 Å². The van der Waals surface area contributed by atoms with Crippen LogP contribution < -0.4 is 15.8 Å². The Morgan fingerprint density at radius 2 is 1.90 bits per heavy atom. The maximum absolute atomic E-state index is 12.9. The Labute approximate surface area is 137 Å². The first-order valence-corrected chi connectivity index (χ1v) is 6.47. The molecule has 0 bridgehead atoms. The van der Waals surface area contributed by atoms with Gasteiger partial charge in [-0.1, -0.05) is 23.2 Å². The van der Waals surface area contributed by atoms with Crippen LogP contribution >= 0.6 is 35.6 Å². The van der Waals surface area contributed by atoms with Gasteiger partial charge < -0.3 is 15.8 Å². The van der Waals surface area contributed by atoms with Gasteiger partial charge >= 0.3 is 0 Å². The highest BCUT2D eigenvalue weighted by atomic mass is 35.5. The van der Waals surface area contributed by atoms with E-state index in [0.717, 1.165) is 0 Å². The van der Waals surface area contributed by atoms with Crippen LogP contribution in [0.5, 0.6) is 5.75 Å². The maximum Gasteiger partial charge on any atom is 0.277 e. The first-order valence-electron chi connectivity index (χ1n) is 5.72. The SMILES string of the molecule is CC(Oc1cc(Cl)cc(Cl)c1)C(=O)NCC(F)(F)CN.Cl. The average molecular weight is 364 g/mol. The lowest BCUT2D eigenvalue weighted by Crippen LogP contribution is -2.45. The quantitative estimate of drug-likeness (QED) is 0.817. The molecule has 0 saturated heterocycles. The van der Waals surface area contributed by atoms with Gasteiger partial charge in [-0.15, -0.1) is 12.4 Å². The molecule has 0 aliphatic carbocycles. The number of rotatable bonds is 6. The molecule has 120 valence electrons. The predicted molar refractivity (Wildman–Crippen MR) is 80.8 cm³/mol. The van der Waals surface area contributed by atoms with E-state index in [1.807, 2.05) is 0 Å². The number of benzene rings is 1. The topological polar surface area (TPSA) is 64.3 Å². The van der Waals surface area contributed by atoms with E-state index in [0.29, 0.717) is 10.0 Å². The van der Waals surface area contributed by atoms with Crippen LogP contribution in [0.4, 0.5) is 8.78 Å². The molecule has 3 N–H and O–H groups in total. The van der Waals surface area contributed by atoms with Crippen LogP contribution in [-0.2, 0) is 4.79 Å². The van der Waals surface area contributed by atoms with Gasteiger partial charge in [0.25, 0.3) is 11.8 Å². The third kappa shape index (κ3) is 7.13. The Bertz CT molecular complexity index is 469. The van der Waals surface area contributed by atoms with Crippen molar-refractivity contribution in [2.45, 2.75) is 19.0 Å². The zero-order chi connectivity index (χ0) is 15.3. The summed E-state index contributed by atoms with van der Waals surface area (Å²) in [5, 5.41) is 2.75. The average Bonchev–Trinajstić information content (AvgIpc) is 2.34. The zero-order valence-electron chi connectivity index (χ0n) is 11.0. The summed E-state index contributed by atoms with van der Waals surface area (Å²) in [7, 11) is 0. The van der Waals surface area contributed by atoms with Crippen molar-refractivity contribution >= 4 is 41.5 Å². The number of carbonyl (C=O) groups excluding carboxylic acids is 1. The Balaban J connectivity index is 0.00000400. The van der Waals surface area contributed by atoms with E-state index < -0.39 is 31.0 Å². The molecule has 1 unspecified atom stereocenters. The molecular formula is C12H15Cl3F2N2O2. The molecule has 0 heterocycles. The van der Waals surface area contributed by atoms with Crippen molar-refractivity contribution < 1.29 is 18.3 Å². The third-order valence-corrected chi connectivity index (χ3v) is 2.77. The van der Waals surface area contributed by atoms with Gasteiger partial charge in [0.05, 0.1) is 13.1 Å². The molecule has 1 atom stereocenters. The van der Waals surface area contributed by atoms with Gasteiger partial charge in [0.2, 0.25) is 0 Å². The molecule has 0 radical (unpaired) electrons. The number of hydrogen-bond acceptors (Lipinski definition) is 3. The number of nitrogens with two attached hydrogens (primary N) is 1. The van der Waals surface area contributed by atoms with Crippen LogP contribution in [0.1, 0.15) is 6.92 Å². The molecule has 1 aromatic rings. The molecule has 0 saturated carbocycles. The smallest absolute Gasteiger partial charge is 0.277 e. The van der Waals surface area contributed by atoms with Crippen molar-refractivity contribution in [2.24, 2.45) is 5.73 Å². The number of alkyl halides is 2. The first-order chi connectivity index (χ1) is 9.23. The fraction of sp³-hybridized carbons (Fsp3) is 0.417. The second kappa shape index (κ2) is 8.58. The molecule has 1 rings (SSSR count). The summed E-state index contributed by atoms with van der Waals surface area (Å²) in [5.41, 5.74) is 4.86. The molecular weight excluding hydrogens is 348 g/mol. The molecule has 0 aliphatic rings. The standard InChI is InChI=1S/C12H14Cl2F2N2O2.ClH/c1-7(11(19)18-6-12(15,16)5-17)20-10-3-8(13)2-9(14)4-10;/h2-4,7H,5-6,17H2,1H3,(H,18,19);1H. The van der Waals surface area contributed by atoms with Crippen molar-refractivity contribution in [3.05, 3.63) is 28.2 Å². The Hall–Kier alpha value is -0.820. The Kier molecular flexibility index (Phi) is 8.25. The number of nitrogens with one attached hydrogen (secondary N) is 1. The lowest BCUT2D eigenvalue weighted by atomic mass is 10.3. The second-order valence-electron chi connectivity index (χ2n) is 4.14. The molecule has 9 heteroatoms. The summed E-state index contributed by atoms with van der Waals surface area (Å²) in [6, 6.07) is 4.43. The molecule has 0 aliphatic heterocycles. The number of ether oxygens (including phenoxy) is 1. The number of carbonyl (C=O) groups is 1. The summed E-state index contributed by atoms with van der Waals surface area (Å²) in [5.74, 6) is -3.56. The van der Waals surface area contributed by atoms with Crippen molar-refractivity contribution in [3.63, 3.8) is 0 Å². The first kappa shape index (κ1) is 20.2. The predicted octanol–water partition coefficient (Wildman–Crippen LogP) is 2.89. The fourth-order valence-electron chi connectivity index (χ4n) is 1.29. The lowest BCUT2D eigenvalue weighted by molar-refractivity contribution is -0.129. The molecule has 0 aromatic heterocycles. The van der Waals surface area contributed by atoms with Gasteiger partial charge in [0.1, 0.15) is 5.75 Å². The lowest BCUT2D eigenvalue weighted by Gasteiger charge is -2.18. The number of halogens is 5. The van der Waals surface area contributed by atoms with Gasteiger partial charge in [0, 0.05) is 10.0 Å². The van der Waals surface area contributed by atoms with E-state index in [1.165, 1.54) is 25.1 Å². The van der Waals surface area contributed by atoms with Crippen molar-refractivity contribution in [1.82, 2.24) is 5.32 Å². The second-order valence-corrected chi connectivity index (χ2v) is 5.02. The van der Waals surface area contributed by atoms with Gasteiger partial charge in [-0.05, 0) is 25.1 Å². The maximum atomic E-state index is 12.9. The van der Waals surface area contributed by atoms with Crippen molar-refractivity contribution in [2.75, 3.05) is 13.1 Å². The molecule has 4 nitrogen and oxygen atoms in total. The summed E-state index contributed by atoms with van der Waals surface area (Å²) in [4.78, 5) is 11.6. The highest BCUT2D eigenvalue weighted by Crippen LogP contribution is 2.24. The minimum Gasteiger partial charge on any atom is -0.481 e. The fourth-order valence-corrected chi connectivity index (χ4v) is 1.79. The van der Waals surface area contributed by atoms with Gasteiger partial charge in [-0.2, -0.15) is 0 Å². The van der Waals surface area contributed by atoms with Crippen LogP contribution in [0.15, 0.2) is 18.2 Å². The largest absolute Gasteiger partial charge is 0.481 e. The van der Waals surface area contributed by atoms with Crippen LogP contribution in [0.3, 0.4) is 0 Å². The minimum atomic E-state index is -3.14. The number of hydrogen-bond donors (Lipinski definition) is 2. The van der Waals surface area contributed by atoms with Crippen LogP contribution in [-0.4, -0.2) is 31.0 Å². The summed E-state index contributed by atoms with van der Waals surface area (Å²) >= 11 is 11.5. The van der Waals surface area contributed by atoms with E-state index in [1.54, 1.807) is 0 Å². The monoisotopic (exact) mass is 362 g/mol. The van der Waals surface area contributed by atoms with E-state index in [9.17, 15) is 13.6 Å². The summed E-state index contributed by atoms with van der Waals surface area (Å²) in [6.45, 7) is -0.260. The Morgan fingerprint density at radius 3 is 2.38 bits per heavy atom. The molecule has 0 fully saturated rings. The van der Waals surface area contributed by atoms with Crippen molar-refractivity contribution in [3.8, 4) is 5.75 Å². The molecule has 0 spiro atoms. The molecule has 1 aromatic carbocycles. The van der Waals surface area contributed by atoms with E-state index >= 15 is 0 Å². The van der Waals surface area contributed by atoms with Crippen LogP contribution in [0.25, 0.3) is 0 Å². The number of amides is 1. The summed E-state index contributed by atoms with van der Waals surface area (Å²) < 4.78 is 31.1. The zero-order valence-corrected chi connectivity index (χ0v) is 13.4. The summed E-state index contributed by atoms with van der Waals surface area (Å²) in [6.07, 6.45) is -0.974. The molecule has 1 amide bonds. The third-order valence-electron chi connectivity index (χ3n) is 2.34. The van der Waals surface area contributed by atoms with Gasteiger partial charge in [0.15, 0.2) is 6.10 Å².